The molecule has 0 aromatic heterocycles. The maximum Gasteiger partial charge on any atom is 0.349 e. The standard InChI is InChI=1S/C14H21NO9/c1-6(2)9(14(21)22-5)15-12(18)10(23-7(3)16)11(13(19)20)24-8(4)17/h6,9-11H,1-5H3,(H,15,18)(H,19,20)/t9-,10+,11+/m0/s1. The van der Waals surface area contributed by atoms with Crippen LogP contribution in [0.5, 0.6) is 0 Å². The lowest BCUT2D eigenvalue weighted by Gasteiger charge is -2.26. The van der Waals surface area contributed by atoms with Gasteiger partial charge in [0.25, 0.3) is 5.91 Å². The van der Waals surface area contributed by atoms with E-state index in [0.29, 0.717) is 0 Å². The molecule has 0 rings (SSSR count). The van der Waals surface area contributed by atoms with Crippen molar-refractivity contribution >= 4 is 29.8 Å². The highest BCUT2D eigenvalue weighted by Crippen LogP contribution is 2.10. The normalized spacial score (nSPS) is 14.1. The highest BCUT2D eigenvalue weighted by Gasteiger charge is 2.41. The van der Waals surface area contributed by atoms with Gasteiger partial charge in [0.1, 0.15) is 6.04 Å². The molecule has 136 valence electrons. The number of nitrogens with one attached hydrogen (secondary N) is 1. The number of carboxylic acid groups (broad SMARTS) is 1. The summed E-state index contributed by atoms with van der Waals surface area (Å²) in [6, 6.07) is -1.10. The number of aliphatic carboxylic acids is 1. The predicted octanol–water partition coefficient (Wildman–Crippen LogP) is -0.752. The Labute approximate surface area is 138 Å². The van der Waals surface area contributed by atoms with E-state index in [2.05, 4.69) is 19.5 Å². The summed E-state index contributed by atoms with van der Waals surface area (Å²) >= 11 is 0. The molecule has 0 aromatic carbocycles. The van der Waals surface area contributed by atoms with E-state index in [1.54, 1.807) is 13.8 Å². The lowest BCUT2D eigenvalue weighted by Crippen LogP contribution is -2.55. The number of carbonyl (C=O) groups is 5. The number of amides is 1. The molecule has 0 bridgehead atoms. The van der Waals surface area contributed by atoms with Crippen LogP contribution in [0.1, 0.15) is 27.7 Å². The van der Waals surface area contributed by atoms with Gasteiger partial charge in [0, 0.05) is 13.8 Å². The molecule has 0 spiro atoms. The highest BCUT2D eigenvalue weighted by atomic mass is 16.6. The van der Waals surface area contributed by atoms with Gasteiger partial charge in [-0.15, -0.1) is 0 Å². The van der Waals surface area contributed by atoms with Crippen molar-refractivity contribution < 1.29 is 43.3 Å². The first kappa shape index (κ1) is 21.4. The molecule has 0 aliphatic heterocycles. The maximum absolute atomic E-state index is 12.3. The van der Waals surface area contributed by atoms with Gasteiger partial charge < -0.3 is 24.6 Å². The number of esters is 3. The Hall–Kier alpha value is -2.65. The van der Waals surface area contributed by atoms with Gasteiger partial charge in [0.2, 0.25) is 12.2 Å². The van der Waals surface area contributed by atoms with Gasteiger partial charge in [-0.05, 0) is 5.92 Å². The summed E-state index contributed by atoms with van der Waals surface area (Å²) < 4.78 is 13.7. The van der Waals surface area contributed by atoms with Crippen molar-refractivity contribution in [3.05, 3.63) is 0 Å². The van der Waals surface area contributed by atoms with Crippen molar-refractivity contribution in [2.45, 2.75) is 45.9 Å². The summed E-state index contributed by atoms with van der Waals surface area (Å²) in [6.07, 6.45) is -4.02. The van der Waals surface area contributed by atoms with Crippen molar-refractivity contribution in [2.75, 3.05) is 7.11 Å². The fourth-order valence-electron chi connectivity index (χ4n) is 1.71. The molecule has 10 heteroatoms. The summed E-state index contributed by atoms with van der Waals surface area (Å²) in [7, 11) is 1.12. The summed E-state index contributed by atoms with van der Waals surface area (Å²) in [5.41, 5.74) is 0. The van der Waals surface area contributed by atoms with E-state index in [1.807, 2.05) is 0 Å². The minimum absolute atomic E-state index is 0.392. The lowest BCUT2D eigenvalue weighted by molar-refractivity contribution is -0.181. The van der Waals surface area contributed by atoms with E-state index < -0.39 is 54.0 Å². The Bertz CT molecular complexity index is 514. The molecule has 0 radical (unpaired) electrons. The molecule has 0 fully saturated rings. The van der Waals surface area contributed by atoms with Gasteiger partial charge in [0.15, 0.2) is 0 Å². The van der Waals surface area contributed by atoms with E-state index in [9.17, 15) is 24.0 Å². The first-order chi connectivity index (χ1) is 11.0. The molecule has 3 atom stereocenters. The Morgan fingerprint density at radius 2 is 1.38 bits per heavy atom. The highest BCUT2D eigenvalue weighted by molar-refractivity contribution is 5.93. The molecule has 0 unspecified atom stereocenters. The fraction of sp³-hybridized carbons (Fsp3) is 0.643. The second kappa shape index (κ2) is 9.48. The molecule has 0 saturated carbocycles. The van der Waals surface area contributed by atoms with Gasteiger partial charge in [-0.1, -0.05) is 13.8 Å². The third-order valence-electron chi connectivity index (χ3n) is 2.78. The number of rotatable bonds is 8. The number of methoxy groups -OCH3 is 1. The van der Waals surface area contributed by atoms with Gasteiger partial charge in [-0.3, -0.25) is 14.4 Å². The molecular weight excluding hydrogens is 326 g/mol. The zero-order valence-electron chi connectivity index (χ0n) is 14.0. The van der Waals surface area contributed by atoms with Crippen LogP contribution >= 0.6 is 0 Å². The zero-order valence-corrected chi connectivity index (χ0v) is 14.0. The Morgan fingerprint density at radius 3 is 1.71 bits per heavy atom. The molecule has 0 saturated heterocycles. The molecule has 1 amide bonds. The van der Waals surface area contributed by atoms with Crippen LogP contribution < -0.4 is 5.32 Å². The van der Waals surface area contributed by atoms with Crippen LogP contribution in [0.2, 0.25) is 0 Å². The average Bonchev–Trinajstić information content (AvgIpc) is 2.46. The van der Waals surface area contributed by atoms with E-state index in [4.69, 9.17) is 5.11 Å². The monoisotopic (exact) mass is 347 g/mol. The first-order valence-corrected chi connectivity index (χ1v) is 6.96. The maximum atomic E-state index is 12.3. The second-order valence-corrected chi connectivity index (χ2v) is 5.15. The number of ether oxygens (including phenoxy) is 3. The molecule has 0 aliphatic rings. The molecule has 2 N–H and O–H groups in total. The summed E-state index contributed by atoms with van der Waals surface area (Å²) in [5, 5.41) is 11.3. The van der Waals surface area contributed by atoms with Gasteiger partial charge in [-0.25, -0.2) is 9.59 Å². The molecule has 0 aromatic rings. The average molecular weight is 347 g/mol. The van der Waals surface area contributed by atoms with E-state index in [0.717, 1.165) is 21.0 Å². The number of hydrogen-bond acceptors (Lipinski definition) is 8. The summed E-state index contributed by atoms with van der Waals surface area (Å²) in [4.78, 5) is 57.4. The van der Waals surface area contributed by atoms with Gasteiger partial charge in [-0.2, -0.15) is 0 Å². The topological polar surface area (TPSA) is 145 Å². The van der Waals surface area contributed by atoms with Gasteiger partial charge >= 0.3 is 23.9 Å². The first-order valence-electron chi connectivity index (χ1n) is 6.96. The van der Waals surface area contributed by atoms with Crippen molar-refractivity contribution in [2.24, 2.45) is 5.92 Å². The quantitative estimate of drug-likeness (QED) is 0.427. The van der Waals surface area contributed by atoms with Crippen LogP contribution in [0.4, 0.5) is 0 Å². The fourth-order valence-corrected chi connectivity index (χ4v) is 1.71. The van der Waals surface area contributed by atoms with Crippen molar-refractivity contribution in [1.29, 1.82) is 0 Å². The van der Waals surface area contributed by atoms with Crippen LogP contribution in [-0.4, -0.2) is 60.3 Å². The summed E-state index contributed by atoms with van der Waals surface area (Å²) in [5.74, 6) is -5.90. The molecule has 0 aliphatic carbocycles. The third-order valence-corrected chi connectivity index (χ3v) is 2.78. The van der Waals surface area contributed by atoms with Crippen LogP contribution in [0.25, 0.3) is 0 Å². The Balaban J connectivity index is 5.51. The van der Waals surface area contributed by atoms with Crippen LogP contribution in [-0.2, 0) is 38.2 Å². The molecule has 10 nitrogen and oxygen atoms in total. The molecular formula is C14H21NO9. The van der Waals surface area contributed by atoms with Gasteiger partial charge in [0.05, 0.1) is 7.11 Å². The number of hydrogen-bond donors (Lipinski definition) is 2. The van der Waals surface area contributed by atoms with Crippen molar-refractivity contribution in [1.82, 2.24) is 5.32 Å². The third kappa shape index (κ3) is 6.63. The smallest absolute Gasteiger partial charge is 0.349 e. The molecule has 0 heterocycles. The minimum atomic E-state index is -2.06. The van der Waals surface area contributed by atoms with Crippen molar-refractivity contribution in [3.8, 4) is 0 Å². The molecule has 24 heavy (non-hydrogen) atoms. The Kier molecular flexibility index (Phi) is 8.43. The van der Waals surface area contributed by atoms with E-state index >= 15 is 0 Å². The SMILES string of the molecule is COC(=O)[C@@H](NC(=O)[C@H](OC(C)=O)[C@@H](OC(C)=O)C(=O)O)C(C)C. The number of carboxylic acids is 1. The summed E-state index contributed by atoms with van der Waals surface area (Å²) in [6.45, 7) is 5.12. The van der Waals surface area contributed by atoms with E-state index in [-0.39, 0.29) is 0 Å². The predicted molar refractivity (Wildman–Crippen MR) is 77.5 cm³/mol. The second-order valence-electron chi connectivity index (χ2n) is 5.15. The van der Waals surface area contributed by atoms with Crippen LogP contribution in [0, 0.1) is 5.92 Å². The van der Waals surface area contributed by atoms with Crippen LogP contribution in [0.15, 0.2) is 0 Å². The lowest BCUT2D eigenvalue weighted by atomic mass is 10.0. The van der Waals surface area contributed by atoms with Crippen LogP contribution in [0.3, 0.4) is 0 Å². The van der Waals surface area contributed by atoms with Crippen molar-refractivity contribution in [3.63, 3.8) is 0 Å². The minimum Gasteiger partial charge on any atom is -0.478 e. The number of carbonyl (C=O) groups excluding carboxylic acids is 4. The van der Waals surface area contributed by atoms with E-state index in [1.165, 1.54) is 0 Å². The zero-order chi connectivity index (χ0) is 19.0. The Morgan fingerprint density at radius 1 is 0.917 bits per heavy atom. The largest absolute Gasteiger partial charge is 0.478 e.